The summed E-state index contributed by atoms with van der Waals surface area (Å²) < 4.78 is 1.79. The van der Waals surface area contributed by atoms with Crippen LogP contribution in [-0.2, 0) is 22.6 Å². The summed E-state index contributed by atoms with van der Waals surface area (Å²) in [5.41, 5.74) is 8.89. The third kappa shape index (κ3) is 4.70. The van der Waals surface area contributed by atoms with Gasteiger partial charge in [-0.05, 0) is 31.4 Å². The van der Waals surface area contributed by atoms with Crippen molar-refractivity contribution in [1.29, 1.82) is 5.26 Å². The second kappa shape index (κ2) is 8.81. The first-order valence-electron chi connectivity index (χ1n) is 8.47. The standard InChI is InChI=1S/C19H23N5O2/c1-13-16(14(2)24(23-13)12-6-11-20)9-10-17(25)22-18(19(21)26)15-7-4-3-5-8-15/h3-5,7-8,18H,6,9-10,12H2,1-2H3,(H2,21,26)(H,22,25). The number of nitrogens with two attached hydrogens (primary N) is 1. The molecule has 0 spiro atoms. The van der Waals surface area contributed by atoms with Crippen LogP contribution in [0.4, 0.5) is 0 Å². The lowest BCUT2D eigenvalue weighted by molar-refractivity contribution is -0.127. The van der Waals surface area contributed by atoms with Gasteiger partial charge in [0.05, 0.1) is 24.7 Å². The highest BCUT2D eigenvalue weighted by atomic mass is 16.2. The number of benzene rings is 1. The second-order valence-corrected chi connectivity index (χ2v) is 6.09. The van der Waals surface area contributed by atoms with Gasteiger partial charge in [0.2, 0.25) is 11.8 Å². The van der Waals surface area contributed by atoms with Gasteiger partial charge in [0.1, 0.15) is 6.04 Å². The molecule has 0 radical (unpaired) electrons. The Kier molecular flexibility index (Phi) is 6.50. The quantitative estimate of drug-likeness (QED) is 0.751. The maximum absolute atomic E-state index is 12.3. The lowest BCUT2D eigenvalue weighted by Gasteiger charge is -2.16. The van der Waals surface area contributed by atoms with E-state index in [1.54, 1.807) is 28.9 Å². The molecule has 1 atom stereocenters. The van der Waals surface area contributed by atoms with Crippen molar-refractivity contribution >= 4 is 11.8 Å². The van der Waals surface area contributed by atoms with E-state index in [9.17, 15) is 9.59 Å². The third-order valence-corrected chi connectivity index (χ3v) is 4.29. The number of aromatic nitrogens is 2. The van der Waals surface area contributed by atoms with Gasteiger partial charge in [0.25, 0.3) is 0 Å². The molecule has 3 N–H and O–H groups in total. The molecule has 0 bridgehead atoms. The average Bonchev–Trinajstić information content (AvgIpc) is 2.90. The van der Waals surface area contributed by atoms with Crippen molar-refractivity contribution in [3.63, 3.8) is 0 Å². The summed E-state index contributed by atoms with van der Waals surface area (Å²) in [5, 5.41) is 15.8. The number of carbonyl (C=O) groups is 2. The van der Waals surface area contributed by atoms with E-state index in [4.69, 9.17) is 11.0 Å². The Morgan fingerprint density at radius 1 is 1.31 bits per heavy atom. The Balaban J connectivity index is 2.01. The van der Waals surface area contributed by atoms with Crippen LogP contribution in [0.1, 0.15) is 41.4 Å². The summed E-state index contributed by atoms with van der Waals surface area (Å²) in [6.45, 7) is 4.35. The maximum Gasteiger partial charge on any atom is 0.244 e. The Morgan fingerprint density at radius 2 is 2.00 bits per heavy atom. The van der Waals surface area contributed by atoms with Crippen LogP contribution in [0.5, 0.6) is 0 Å². The smallest absolute Gasteiger partial charge is 0.244 e. The zero-order valence-corrected chi connectivity index (χ0v) is 15.0. The van der Waals surface area contributed by atoms with E-state index in [0.717, 1.165) is 17.0 Å². The number of nitriles is 1. The van der Waals surface area contributed by atoms with Crippen molar-refractivity contribution in [2.24, 2.45) is 5.73 Å². The Bertz CT molecular complexity index is 820. The number of primary amides is 1. The minimum absolute atomic E-state index is 0.224. The molecular weight excluding hydrogens is 330 g/mol. The fraction of sp³-hybridized carbons (Fsp3) is 0.368. The van der Waals surface area contributed by atoms with E-state index in [-0.39, 0.29) is 12.3 Å². The predicted octanol–water partition coefficient (Wildman–Crippen LogP) is 1.69. The molecule has 0 aliphatic heterocycles. The van der Waals surface area contributed by atoms with Gasteiger partial charge in [0, 0.05) is 12.1 Å². The van der Waals surface area contributed by atoms with Crippen LogP contribution in [0.15, 0.2) is 30.3 Å². The summed E-state index contributed by atoms with van der Waals surface area (Å²) in [7, 11) is 0. The van der Waals surface area contributed by atoms with Gasteiger partial charge in [-0.25, -0.2) is 0 Å². The van der Waals surface area contributed by atoms with Crippen molar-refractivity contribution in [2.75, 3.05) is 0 Å². The van der Waals surface area contributed by atoms with Gasteiger partial charge in [0.15, 0.2) is 0 Å². The molecule has 0 saturated heterocycles. The van der Waals surface area contributed by atoms with Crippen molar-refractivity contribution in [3.8, 4) is 6.07 Å². The molecular formula is C19H23N5O2. The topological polar surface area (TPSA) is 114 Å². The molecule has 1 heterocycles. The number of aryl methyl sites for hydroxylation is 2. The molecule has 1 aromatic carbocycles. The number of amides is 2. The molecule has 0 aliphatic carbocycles. The molecule has 1 unspecified atom stereocenters. The largest absolute Gasteiger partial charge is 0.368 e. The number of nitrogens with one attached hydrogen (secondary N) is 1. The number of rotatable bonds is 8. The summed E-state index contributed by atoms with van der Waals surface area (Å²) in [5.74, 6) is -0.845. The van der Waals surface area contributed by atoms with Crippen molar-refractivity contribution in [3.05, 3.63) is 52.8 Å². The van der Waals surface area contributed by atoms with Gasteiger partial charge < -0.3 is 11.1 Å². The number of hydrogen-bond acceptors (Lipinski definition) is 4. The van der Waals surface area contributed by atoms with Gasteiger partial charge in [-0.1, -0.05) is 30.3 Å². The molecule has 26 heavy (non-hydrogen) atoms. The fourth-order valence-electron chi connectivity index (χ4n) is 2.91. The lowest BCUT2D eigenvalue weighted by Crippen LogP contribution is -2.37. The van der Waals surface area contributed by atoms with Crippen LogP contribution in [0.3, 0.4) is 0 Å². The second-order valence-electron chi connectivity index (χ2n) is 6.09. The maximum atomic E-state index is 12.3. The summed E-state index contributed by atoms with van der Waals surface area (Å²) in [4.78, 5) is 24.0. The van der Waals surface area contributed by atoms with Crippen molar-refractivity contribution < 1.29 is 9.59 Å². The summed E-state index contributed by atoms with van der Waals surface area (Å²) in [6, 6.07) is 10.2. The fourth-order valence-corrected chi connectivity index (χ4v) is 2.91. The highest BCUT2D eigenvalue weighted by molar-refractivity contribution is 5.87. The average molecular weight is 353 g/mol. The SMILES string of the molecule is Cc1nn(CCC#N)c(C)c1CCC(=O)NC(C(N)=O)c1ccccc1. The van der Waals surface area contributed by atoms with Crippen LogP contribution in [0.2, 0.25) is 0 Å². The van der Waals surface area contributed by atoms with Crippen LogP contribution in [0, 0.1) is 25.2 Å². The molecule has 2 amide bonds. The molecule has 136 valence electrons. The Morgan fingerprint density at radius 3 is 2.62 bits per heavy atom. The van der Waals surface area contributed by atoms with E-state index in [1.165, 1.54) is 0 Å². The first-order valence-corrected chi connectivity index (χ1v) is 8.47. The first-order chi connectivity index (χ1) is 12.4. The summed E-state index contributed by atoms with van der Waals surface area (Å²) >= 11 is 0. The van der Waals surface area contributed by atoms with E-state index < -0.39 is 11.9 Å². The molecule has 0 aliphatic rings. The van der Waals surface area contributed by atoms with Gasteiger partial charge >= 0.3 is 0 Å². The minimum Gasteiger partial charge on any atom is -0.368 e. The van der Waals surface area contributed by atoms with Crippen LogP contribution < -0.4 is 11.1 Å². The normalized spacial score (nSPS) is 11.6. The van der Waals surface area contributed by atoms with E-state index in [2.05, 4.69) is 16.5 Å². The van der Waals surface area contributed by atoms with E-state index >= 15 is 0 Å². The molecule has 1 aromatic heterocycles. The molecule has 0 saturated carbocycles. The highest BCUT2D eigenvalue weighted by Crippen LogP contribution is 2.17. The lowest BCUT2D eigenvalue weighted by atomic mass is 10.0. The zero-order valence-electron chi connectivity index (χ0n) is 15.0. The Labute approximate surface area is 152 Å². The van der Waals surface area contributed by atoms with Crippen molar-refractivity contribution in [1.82, 2.24) is 15.1 Å². The van der Waals surface area contributed by atoms with Gasteiger partial charge in [-0.3, -0.25) is 14.3 Å². The first kappa shape index (κ1) is 19.2. The Hall–Kier alpha value is -3.14. The molecule has 2 aromatic rings. The minimum atomic E-state index is -0.843. The molecule has 7 heteroatoms. The van der Waals surface area contributed by atoms with Crippen molar-refractivity contribution in [2.45, 2.75) is 45.7 Å². The summed E-state index contributed by atoms with van der Waals surface area (Å²) in [6.07, 6.45) is 1.12. The van der Waals surface area contributed by atoms with E-state index in [1.807, 2.05) is 19.9 Å². The van der Waals surface area contributed by atoms with Crippen LogP contribution in [-0.4, -0.2) is 21.6 Å². The monoisotopic (exact) mass is 353 g/mol. The van der Waals surface area contributed by atoms with Crippen LogP contribution in [0.25, 0.3) is 0 Å². The molecule has 0 fully saturated rings. The molecule has 2 rings (SSSR count). The van der Waals surface area contributed by atoms with E-state index in [0.29, 0.717) is 24.9 Å². The predicted molar refractivity (Wildman–Crippen MR) is 96.8 cm³/mol. The zero-order chi connectivity index (χ0) is 19.1. The number of nitrogens with zero attached hydrogens (tertiary/aromatic N) is 3. The van der Waals surface area contributed by atoms with Crippen LogP contribution >= 0.6 is 0 Å². The third-order valence-electron chi connectivity index (χ3n) is 4.29. The highest BCUT2D eigenvalue weighted by Gasteiger charge is 2.20. The van der Waals surface area contributed by atoms with Gasteiger partial charge in [-0.2, -0.15) is 10.4 Å². The van der Waals surface area contributed by atoms with Gasteiger partial charge in [-0.15, -0.1) is 0 Å². The molecule has 7 nitrogen and oxygen atoms in total. The number of hydrogen-bond donors (Lipinski definition) is 2. The number of carbonyl (C=O) groups excluding carboxylic acids is 2.